The van der Waals surface area contributed by atoms with Crippen molar-refractivity contribution in [3.05, 3.63) is 65.2 Å². The van der Waals surface area contributed by atoms with E-state index in [4.69, 9.17) is 12.2 Å². The van der Waals surface area contributed by atoms with Crippen molar-refractivity contribution in [3.63, 3.8) is 0 Å². The summed E-state index contributed by atoms with van der Waals surface area (Å²) in [5, 5.41) is 7.42. The summed E-state index contributed by atoms with van der Waals surface area (Å²) in [6.07, 6.45) is 0. The fraction of sp³-hybridized carbons (Fsp3) is 0.316. The maximum Gasteiger partial charge on any atom is 0.171 e. The van der Waals surface area contributed by atoms with E-state index in [1.54, 1.807) is 0 Å². The number of anilines is 1. The summed E-state index contributed by atoms with van der Waals surface area (Å²) < 4.78 is 0. The Morgan fingerprint density at radius 1 is 1.04 bits per heavy atom. The third-order valence-electron chi connectivity index (χ3n) is 3.60. The molecule has 0 unspecified atom stereocenters. The van der Waals surface area contributed by atoms with Crippen LogP contribution in [0.15, 0.2) is 48.5 Å². The average Bonchev–Trinajstić information content (AvgIpc) is 2.45. The second kappa shape index (κ2) is 8.09. The normalized spacial score (nSPS) is 12.0. The molecule has 23 heavy (non-hydrogen) atoms. The Bertz CT molecular complexity index is 633. The molecule has 0 amide bonds. The second-order valence-corrected chi connectivity index (χ2v) is 6.76. The van der Waals surface area contributed by atoms with Gasteiger partial charge in [0.1, 0.15) is 12.6 Å². The number of quaternary nitrogens is 1. The number of rotatable bonds is 5. The molecular weight excluding hydrogens is 302 g/mol. The lowest BCUT2D eigenvalue weighted by Gasteiger charge is -2.22. The molecule has 2 rings (SSSR count). The molecule has 0 saturated heterocycles. The van der Waals surface area contributed by atoms with Crippen molar-refractivity contribution < 1.29 is 4.90 Å². The molecule has 0 aliphatic carbocycles. The monoisotopic (exact) mass is 328 g/mol. The van der Waals surface area contributed by atoms with E-state index >= 15 is 0 Å². The quantitative estimate of drug-likeness (QED) is 0.737. The Balaban J connectivity index is 2.08. The van der Waals surface area contributed by atoms with Crippen molar-refractivity contribution in [1.82, 2.24) is 5.32 Å². The zero-order valence-electron chi connectivity index (χ0n) is 14.3. The minimum absolute atomic E-state index is 0.187. The number of hydrogen-bond acceptors (Lipinski definition) is 1. The summed E-state index contributed by atoms with van der Waals surface area (Å²) >= 11 is 5.52. The molecule has 122 valence electrons. The van der Waals surface area contributed by atoms with Gasteiger partial charge in [-0.25, -0.2) is 0 Å². The van der Waals surface area contributed by atoms with Crippen LogP contribution < -0.4 is 15.5 Å². The van der Waals surface area contributed by atoms with Gasteiger partial charge >= 0.3 is 0 Å². The SMILES string of the molecule is Cc1cc(C)cc(NC(=S)N[C@H](C[NH+](C)C)c2ccccc2)c1. The first-order valence-corrected chi connectivity index (χ1v) is 8.34. The minimum Gasteiger partial charge on any atom is -0.350 e. The van der Waals surface area contributed by atoms with E-state index in [2.05, 4.69) is 81.0 Å². The summed E-state index contributed by atoms with van der Waals surface area (Å²) in [7, 11) is 4.30. The van der Waals surface area contributed by atoms with E-state index in [-0.39, 0.29) is 6.04 Å². The molecule has 0 heterocycles. The van der Waals surface area contributed by atoms with E-state index in [1.807, 2.05) is 6.07 Å². The molecule has 0 radical (unpaired) electrons. The van der Waals surface area contributed by atoms with E-state index in [9.17, 15) is 0 Å². The minimum atomic E-state index is 0.187. The van der Waals surface area contributed by atoms with Gasteiger partial charge in [0.25, 0.3) is 0 Å². The van der Waals surface area contributed by atoms with Crippen molar-refractivity contribution in [1.29, 1.82) is 0 Å². The van der Waals surface area contributed by atoms with Crippen molar-refractivity contribution in [2.24, 2.45) is 0 Å². The van der Waals surface area contributed by atoms with Gasteiger partial charge in [-0.05, 0) is 54.9 Å². The summed E-state index contributed by atoms with van der Waals surface area (Å²) in [6.45, 7) is 5.15. The lowest BCUT2D eigenvalue weighted by molar-refractivity contribution is -0.860. The van der Waals surface area contributed by atoms with Gasteiger partial charge in [0.05, 0.1) is 14.1 Å². The largest absolute Gasteiger partial charge is 0.350 e. The lowest BCUT2D eigenvalue weighted by atomic mass is 10.1. The van der Waals surface area contributed by atoms with Crippen LogP contribution in [0.5, 0.6) is 0 Å². The predicted molar refractivity (Wildman–Crippen MR) is 102 cm³/mol. The number of benzene rings is 2. The summed E-state index contributed by atoms with van der Waals surface area (Å²) in [5.41, 5.74) is 4.74. The molecule has 0 bridgehead atoms. The molecule has 0 aromatic heterocycles. The average molecular weight is 329 g/mol. The van der Waals surface area contributed by atoms with E-state index < -0.39 is 0 Å². The maximum absolute atomic E-state index is 5.52. The topological polar surface area (TPSA) is 28.5 Å². The molecule has 0 spiro atoms. The van der Waals surface area contributed by atoms with Crippen LogP contribution in [0.3, 0.4) is 0 Å². The van der Waals surface area contributed by atoms with Crippen molar-refractivity contribution in [2.75, 3.05) is 26.0 Å². The van der Waals surface area contributed by atoms with Gasteiger partial charge in [-0.3, -0.25) is 0 Å². The van der Waals surface area contributed by atoms with Gasteiger partial charge in [-0.1, -0.05) is 36.4 Å². The van der Waals surface area contributed by atoms with Crippen molar-refractivity contribution in [2.45, 2.75) is 19.9 Å². The smallest absolute Gasteiger partial charge is 0.171 e. The third-order valence-corrected chi connectivity index (χ3v) is 3.82. The van der Waals surface area contributed by atoms with Gasteiger partial charge in [-0.15, -0.1) is 0 Å². The molecule has 4 heteroatoms. The Kier molecular flexibility index (Phi) is 6.13. The highest BCUT2D eigenvalue weighted by Crippen LogP contribution is 2.15. The van der Waals surface area contributed by atoms with Crippen molar-refractivity contribution >= 4 is 23.0 Å². The molecule has 3 N–H and O–H groups in total. The fourth-order valence-electron chi connectivity index (χ4n) is 2.72. The van der Waals surface area contributed by atoms with Gasteiger partial charge in [0.2, 0.25) is 0 Å². The van der Waals surface area contributed by atoms with Crippen LogP contribution in [-0.4, -0.2) is 25.8 Å². The molecule has 0 aliphatic rings. The van der Waals surface area contributed by atoms with Crippen LogP contribution >= 0.6 is 12.2 Å². The summed E-state index contributed by atoms with van der Waals surface area (Å²) in [5.74, 6) is 0. The highest BCUT2D eigenvalue weighted by Gasteiger charge is 2.16. The Labute approximate surface area is 144 Å². The first kappa shape index (κ1) is 17.4. The number of aryl methyl sites for hydroxylation is 2. The fourth-order valence-corrected chi connectivity index (χ4v) is 2.98. The Morgan fingerprint density at radius 3 is 2.22 bits per heavy atom. The van der Waals surface area contributed by atoms with Crippen LogP contribution in [0.4, 0.5) is 5.69 Å². The van der Waals surface area contributed by atoms with Gasteiger partial charge in [0.15, 0.2) is 5.11 Å². The second-order valence-electron chi connectivity index (χ2n) is 6.35. The Hall–Kier alpha value is -1.91. The molecule has 2 aromatic rings. The van der Waals surface area contributed by atoms with E-state index in [1.165, 1.54) is 21.6 Å². The van der Waals surface area contributed by atoms with E-state index in [0.717, 1.165) is 12.2 Å². The number of thiocarbonyl (C=S) groups is 1. The molecule has 0 saturated carbocycles. The molecule has 2 aromatic carbocycles. The zero-order valence-corrected chi connectivity index (χ0v) is 15.1. The van der Waals surface area contributed by atoms with Gasteiger partial charge < -0.3 is 15.5 Å². The number of likely N-dealkylation sites (N-methyl/N-ethyl adjacent to an activating group) is 1. The van der Waals surface area contributed by atoms with Crippen LogP contribution in [-0.2, 0) is 0 Å². The van der Waals surface area contributed by atoms with Crippen molar-refractivity contribution in [3.8, 4) is 0 Å². The molecule has 0 fully saturated rings. The highest BCUT2D eigenvalue weighted by atomic mass is 32.1. The molecular formula is C19H26N3S+. The molecule has 1 atom stereocenters. The predicted octanol–water partition coefficient (Wildman–Crippen LogP) is 2.48. The van der Waals surface area contributed by atoms with Crippen LogP contribution in [0.1, 0.15) is 22.7 Å². The lowest BCUT2D eigenvalue weighted by Crippen LogP contribution is -3.06. The third kappa shape index (κ3) is 5.66. The van der Waals surface area contributed by atoms with Gasteiger partial charge in [-0.2, -0.15) is 0 Å². The zero-order chi connectivity index (χ0) is 16.8. The van der Waals surface area contributed by atoms with Crippen LogP contribution in [0.2, 0.25) is 0 Å². The van der Waals surface area contributed by atoms with Gasteiger partial charge in [0, 0.05) is 5.69 Å². The molecule has 3 nitrogen and oxygen atoms in total. The Morgan fingerprint density at radius 2 is 1.65 bits per heavy atom. The number of nitrogens with one attached hydrogen (secondary N) is 3. The maximum atomic E-state index is 5.52. The first-order chi connectivity index (χ1) is 10.9. The van der Waals surface area contributed by atoms with E-state index in [0.29, 0.717) is 5.11 Å². The van der Waals surface area contributed by atoms with Crippen LogP contribution in [0.25, 0.3) is 0 Å². The molecule has 0 aliphatic heterocycles. The summed E-state index contributed by atoms with van der Waals surface area (Å²) in [4.78, 5) is 1.38. The highest BCUT2D eigenvalue weighted by molar-refractivity contribution is 7.80. The number of hydrogen-bond donors (Lipinski definition) is 3. The summed E-state index contributed by atoms with van der Waals surface area (Å²) in [6, 6.07) is 17.0. The first-order valence-electron chi connectivity index (χ1n) is 7.94. The standard InChI is InChI=1S/C19H25N3S/c1-14-10-15(2)12-17(11-14)20-19(23)21-18(13-22(3)4)16-8-6-5-7-9-16/h5-12,18H,13H2,1-4H3,(H2,20,21,23)/p+1/t18-/m1/s1. The van der Waals surface area contributed by atoms with Crippen LogP contribution in [0, 0.1) is 13.8 Å².